The van der Waals surface area contributed by atoms with Crippen molar-refractivity contribution in [2.45, 2.75) is 65.3 Å². The predicted molar refractivity (Wildman–Crippen MR) is 114 cm³/mol. The molecule has 1 atom stereocenters. The lowest BCUT2D eigenvalue weighted by molar-refractivity contribution is -0.140. The molecule has 0 bridgehead atoms. The minimum Gasteiger partial charge on any atom is -0.469 e. The highest BCUT2D eigenvalue weighted by molar-refractivity contribution is 6.18. The van der Waals surface area contributed by atoms with Crippen molar-refractivity contribution in [2.24, 2.45) is 10.9 Å². The molecule has 30 heavy (non-hydrogen) atoms. The number of carbonyl (C=O) groups is 3. The molecule has 0 spiro atoms. The molecule has 1 aliphatic rings. The number of hydrogen-bond acceptors (Lipinski definition) is 6. The van der Waals surface area contributed by atoms with Gasteiger partial charge in [0.15, 0.2) is 5.84 Å². The summed E-state index contributed by atoms with van der Waals surface area (Å²) in [5.41, 5.74) is 0.830. The Balaban J connectivity index is 2.11. The average molecular weight is 417 g/mol. The van der Waals surface area contributed by atoms with Gasteiger partial charge in [-0.2, -0.15) is 0 Å². The maximum Gasteiger partial charge on any atom is 0.305 e. The van der Waals surface area contributed by atoms with E-state index in [0.717, 1.165) is 31.2 Å². The van der Waals surface area contributed by atoms with Gasteiger partial charge in [0, 0.05) is 19.2 Å². The molecular weight excluding hydrogens is 384 g/mol. The summed E-state index contributed by atoms with van der Waals surface area (Å²) in [5.74, 6) is -0.324. The molecule has 2 amide bonds. The van der Waals surface area contributed by atoms with E-state index in [-0.39, 0.29) is 23.7 Å². The highest BCUT2D eigenvalue weighted by atomic mass is 16.5. The summed E-state index contributed by atoms with van der Waals surface area (Å²) in [5, 5.41) is 5.71. The molecule has 0 aliphatic carbocycles. The van der Waals surface area contributed by atoms with Crippen molar-refractivity contribution >= 4 is 23.6 Å². The average Bonchev–Trinajstić information content (AvgIpc) is 3.05. The summed E-state index contributed by atoms with van der Waals surface area (Å²) >= 11 is 0. The van der Waals surface area contributed by atoms with Crippen LogP contribution in [-0.4, -0.2) is 47.8 Å². The van der Waals surface area contributed by atoms with Crippen LogP contribution in [0.1, 0.15) is 75.0 Å². The standard InChI is InChI=1S/C22H32N4O4/c1-6-15-12-16(20(28)23-11-9-7-8-10-17(27)30-5)18(24-13-15)19-25-21(29)22(4,26-19)14(2)3/h12-14H,6-11H2,1-5H3,(H,23,28)(H,25,26,29). The number of amidine groups is 1. The first-order chi connectivity index (χ1) is 14.2. The fourth-order valence-electron chi connectivity index (χ4n) is 3.08. The van der Waals surface area contributed by atoms with Gasteiger partial charge < -0.3 is 15.4 Å². The Kier molecular flexibility index (Phi) is 8.08. The van der Waals surface area contributed by atoms with Gasteiger partial charge in [-0.25, -0.2) is 4.99 Å². The molecule has 0 radical (unpaired) electrons. The van der Waals surface area contributed by atoms with Gasteiger partial charge in [0.25, 0.3) is 11.8 Å². The number of aliphatic imine (C=N–C) groups is 1. The number of rotatable bonds is 10. The second-order valence-corrected chi connectivity index (χ2v) is 7.95. The Bertz CT molecular complexity index is 834. The van der Waals surface area contributed by atoms with Crippen LogP contribution in [0.4, 0.5) is 0 Å². The predicted octanol–water partition coefficient (Wildman–Crippen LogP) is 2.40. The summed E-state index contributed by atoms with van der Waals surface area (Å²) in [6, 6.07) is 1.80. The topological polar surface area (TPSA) is 110 Å². The first-order valence-electron chi connectivity index (χ1n) is 10.5. The van der Waals surface area contributed by atoms with E-state index >= 15 is 0 Å². The molecule has 1 aromatic heterocycles. The minimum absolute atomic E-state index is 0.00665. The maximum atomic E-state index is 12.9. The van der Waals surface area contributed by atoms with Crippen molar-refractivity contribution < 1.29 is 19.1 Å². The van der Waals surface area contributed by atoms with E-state index in [9.17, 15) is 14.4 Å². The van der Waals surface area contributed by atoms with Gasteiger partial charge in [0.2, 0.25) is 0 Å². The second-order valence-electron chi connectivity index (χ2n) is 7.95. The molecule has 8 nitrogen and oxygen atoms in total. The number of methoxy groups -OCH3 is 1. The molecule has 1 unspecified atom stereocenters. The number of hydrogen-bond donors (Lipinski definition) is 2. The number of nitrogens with zero attached hydrogens (tertiary/aromatic N) is 2. The fraction of sp³-hybridized carbons (Fsp3) is 0.591. The zero-order valence-electron chi connectivity index (χ0n) is 18.5. The number of amides is 2. The van der Waals surface area contributed by atoms with Crippen molar-refractivity contribution in [3.63, 3.8) is 0 Å². The van der Waals surface area contributed by atoms with Crippen LogP contribution in [0, 0.1) is 5.92 Å². The van der Waals surface area contributed by atoms with Crippen LogP contribution in [0.2, 0.25) is 0 Å². The van der Waals surface area contributed by atoms with Crippen LogP contribution in [-0.2, 0) is 20.7 Å². The van der Waals surface area contributed by atoms with E-state index in [1.54, 1.807) is 19.2 Å². The van der Waals surface area contributed by atoms with Crippen LogP contribution in [0.15, 0.2) is 17.3 Å². The normalized spacial score (nSPS) is 18.2. The molecule has 164 valence electrons. The highest BCUT2D eigenvalue weighted by Crippen LogP contribution is 2.27. The molecule has 1 aromatic rings. The van der Waals surface area contributed by atoms with Crippen molar-refractivity contribution in [3.8, 4) is 0 Å². The van der Waals surface area contributed by atoms with Crippen molar-refractivity contribution in [1.82, 2.24) is 15.6 Å². The lowest BCUT2D eigenvalue weighted by Crippen LogP contribution is -2.41. The largest absolute Gasteiger partial charge is 0.469 e. The van der Waals surface area contributed by atoms with E-state index in [0.29, 0.717) is 30.1 Å². The van der Waals surface area contributed by atoms with E-state index in [1.807, 2.05) is 20.8 Å². The minimum atomic E-state index is -0.881. The lowest BCUT2D eigenvalue weighted by atomic mass is 9.89. The van der Waals surface area contributed by atoms with E-state index in [2.05, 4.69) is 25.3 Å². The molecule has 2 N–H and O–H groups in total. The number of esters is 1. The lowest BCUT2D eigenvalue weighted by Gasteiger charge is -2.21. The molecule has 8 heteroatoms. The summed E-state index contributed by atoms with van der Waals surface area (Å²) in [4.78, 5) is 45.5. The van der Waals surface area contributed by atoms with E-state index in [4.69, 9.17) is 0 Å². The summed E-state index contributed by atoms with van der Waals surface area (Å²) in [6.07, 6.45) is 5.11. The molecule has 0 saturated carbocycles. The SMILES string of the molecule is CCc1cnc(C2=NC(C)(C(C)C)C(=O)N2)c(C(=O)NCCCCCC(=O)OC)c1. The highest BCUT2D eigenvalue weighted by Gasteiger charge is 2.43. The van der Waals surface area contributed by atoms with Crippen molar-refractivity contribution in [2.75, 3.05) is 13.7 Å². The first kappa shape index (κ1) is 23.5. The molecule has 0 fully saturated rings. The van der Waals surface area contributed by atoms with Gasteiger partial charge in [0.05, 0.1) is 12.7 Å². The van der Waals surface area contributed by atoms with E-state index in [1.165, 1.54) is 7.11 Å². The summed E-state index contributed by atoms with van der Waals surface area (Å²) in [7, 11) is 1.37. The van der Waals surface area contributed by atoms with Crippen LogP contribution in [0.3, 0.4) is 0 Å². The van der Waals surface area contributed by atoms with Crippen LogP contribution >= 0.6 is 0 Å². The monoisotopic (exact) mass is 416 g/mol. The number of pyridine rings is 1. The van der Waals surface area contributed by atoms with Gasteiger partial charge in [-0.15, -0.1) is 0 Å². The molecule has 1 aliphatic heterocycles. The zero-order valence-corrected chi connectivity index (χ0v) is 18.5. The Morgan fingerprint density at radius 1 is 1.27 bits per heavy atom. The summed E-state index contributed by atoms with van der Waals surface area (Å²) in [6.45, 7) is 8.14. The Morgan fingerprint density at radius 2 is 2.00 bits per heavy atom. The van der Waals surface area contributed by atoms with Crippen molar-refractivity contribution in [3.05, 3.63) is 29.1 Å². The van der Waals surface area contributed by atoms with Crippen LogP contribution in [0.25, 0.3) is 0 Å². The molecule has 2 heterocycles. The number of nitrogens with one attached hydrogen (secondary N) is 2. The quantitative estimate of drug-likeness (QED) is 0.450. The first-order valence-corrected chi connectivity index (χ1v) is 10.5. The molecule has 2 rings (SSSR count). The van der Waals surface area contributed by atoms with Crippen LogP contribution in [0.5, 0.6) is 0 Å². The Labute approximate surface area is 177 Å². The molecule has 0 aromatic carbocycles. The van der Waals surface area contributed by atoms with Gasteiger partial charge >= 0.3 is 5.97 Å². The fourth-order valence-corrected chi connectivity index (χ4v) is 3.08. The van der Waals surface area contributed by atoms with Gasteiger partial charge in [0.1, 0.15) is 11.2 Å². The third-order valence-electron chi connectivity index (χ3n) is 5.55. The maximum absolute atomic E-state index is 12.9. The van der Waals surface area contributed by atoms with Gasteiger partial charge in [-0.1, -0.05) is 27.2 Å². The zero-order chi connectivity index (χ0) is 22.3. The molecular formula is C22H32N4O4. The third kappa shape index (κ3) is 5.43. The number of carbonyl (C=O) groups excluding carboxylic acids is 3. The summed E-state index contributed by atoms with van der Waals surface area (Å²) < 4.78 is 4.62. The Hall–Kier alpha value is -2.77. The second kappa shape index (κ2) is 10.3. The number of unbranched alkanes of at least 4 members (excludes halogenated alkanes) is 2. The van der Waals surface area contributed by atoms with Gasteiger partial charge in [-0.05, 0) is 43.7 Å². The molecule has 0 saturated heterocycles. The number of ether oxygens (including phenoxy) is 1. The van der Waals surface area contributed by atoms with E-state index < -0.39 is 5.54 Å². The van der Waals surface area contributed by atoms with Crippen LogP contribution < -0.4 is 10.6 Å². The van der Waals surface area contributed by atoms with Crippen molar-refractivity contribution in [1.29, 1.82) is 0 Å². The number of aryl methyl sites for hydroxylation is 1. The smallest absolute Gasteiger partial charge is 0.305 e. The van der Waals surface area contributed by atoms with Gasteiger partial charge in [-0.3, -0.25) is 19.4 Å². The Morgan fingerprint density at radius 3 is 2.60 bits per heavy atom. The number of aromatic nitrogens is 1. The third-order valence-corrected chi connectivity index (χ3v) is 5.55.